The average molecular weight is 369 g/mol. The number of benzene rings is 2. The fraction of sp³-hybridized carbons (Fsp3) is 0.240. The standard InChI is InChI=1S/C25H25N2O/c1-18-14-15-23-22(26(18)4)16-17-25(28-23)24(2,3)20-12-8-9-13-21(20)27(25)19-10-6-5-7-11-19/h5-17H,1-4H3/q+1. The van der Waals surface area contributed by atoms with Gasteiger partial charge in [-0.2, -0.15) is 4.57 Å². The van der Waals surface area contributed by atoms with Gasteiger partial charge in [-0.05, 0) is 49.8 Å². The Balaban J connectivity index is 1.77. The predicted molar refractivity (Wildman–Crippen MR) is 113 cm³/mol. The van der Waals surface area contributed by atoms with Crippen molar-refractivity contribution < 1.29 is 9.30 Å². The number of nitrogens with zero attached hydrogens (tertiary/aromatic N) is 2. The zero-order chi connectivity index (χ0) is 19.5. The van der Waals surface area contributed by atoms with Crippen LogP contribution < -0.4 is 14.2 Å². The Hall–Kier alpha value is -3.07. The first-order valence-corrected chi connectivity index (χ1v) is 9.78. The summed E-state index contributed by atoms with van der Waals surface area (Å²) in [6, 6.07) is 23.4. The molecule has 2 aliphatic rings. The summed E-state index contributed by atoms with van der Waals surface area (Å²) in [5.41, 5.74) is 5.06. The summed E-state index contributed by atoms with van der Waals surface area (Å²) in [5, 5.41) is 0. The van der Waals surface area contributed by atoms with E-state index in [0.29, 0.717) is 0 Å². The molecule has 3 heteroatoms. The van der Waals surface area contributed by atoms with Crippen molar-refractivity contribution in [2.75, 3.05) is 4.90 Å². The lowest BCUT2D eigenvalue weighted by molar-refractivity contribution is -0.680. The van der Waals surface area contributed by atoms with Crippen molar-refractivity contribution in [1.82, 2.24) is 0 Å². The van der Waals surface area contributed by atoms with E-state index in [1.54, 1.807) is 0 Å². The monoisotopic (exact) mass is 369 g/mol. The fourth-order valence-electron chi connectivity index (χ4n) is 4.64. The predicted octanol–water partition coefficient (Wildman–Crippen LogP) is 5.05. The lowest BCUT2D eigenvalue weighted by Crippen LogP contribution is -2.58. The van der Waals surface area contributed by atoms with Gasteiger partial charge in [0.2, 0.25) is 11.4 Å². The minimum Gasteiger partial charge on any atom is -0.456 e. The topological polar surface area (TPSA) is 16.4 Å². The molecule has 3 aromatic rings. The van der Waals surface area contributed by atoms with Crippen molar-refractivity contribution in [3.8, 4) is 5.75 Å². The van der Waals surface area contributed by atoms with Gasteiger partial charge in [0, 0.05) is 30.4 Å². The minimum absolute atomic E-state index is 0.239. The highest BCUT2D eigenvalue weighted by Gasteiger charge is 2.60. The second kappa shape index (κ2) is 5.71. The molecule has 5 rings (SSSR count). The molecule has 2 aromatic carbocycles. The van der Waals surface area contributed by atoms with Gasteiger partial charge in [-0.1, -0.05) is 36.4 Å². The van der Waals surface area contributed by atoms with Gasteiger partial charge in [-0.25, -0.2) is 0 Å². The van der Waals surface area contributed by atoms with Crippen LogP contribution in [0, 0.1) is 6.92 Å². The van der Waals surface area contributed by atoms with Crippen LogP contribution in [-0.4, -0.2) is 5.72 Å². The van der Waals surface area contributed by atoms with Gasteiger partial charge in [0.1, 0.15) is 7.05 Å². The second-order valence-electron chi connectivity index (χ2n) is 8.23. The molecule has 2 aliphatic heterocycles. The number of pyridine rings is 1. The van der Waals surface area contributed by atoms with Crippen molar-refractivity contribution in [2.24, 2.45) is 7.05 Å². The van der Waals surface area contributed by atoms with Crippen molar-refractivity contribution in [2.45, 2.75) is 31.9 Å². The highest BCUT2D eigenvalue weighted by Crippen LogP contribution is 2.57. The molecule has 0 aliphatic carbocycles. The van der Waals surface area contributed by atoms with Gasteiger partial charge in [0.15, 0.2) is 11.4 Å². The number of ether oxygens (including phenoxy) is 1. The van der Waals surface area contributed by atoms with E-state index in [0.717, 1.165) is 17.1 Å². The van der Waals surface area contributed by atoms with E-state index >= 15 is 0 Å². The number of fused-ring (bicyclic) bond motifs is 2. The van der Waals surface area contributed by atoms with Gasteiger partial charge >= 0.3 is 0 Å². The summed E-state index contributed by atoms with van der Waals surface area (Å²) >= 11 is 0. The largest absolute Gasteiger partial charge is 0.456 e. The molecule has 1 atom stereocenters. The van der Waals surface area contributed by atoms with Gasteiger partial charge in [0.25, 0.3) is 0 Å². The Labute approximate surface area is 166 Å². The quantitative estimate of drug-likeness (QED) is 0.558. The molecule has 0 N–H and O–H groups in total. The van der Waals surface area contributed by atoms with E-state index < -0.39 is 5.72 Å². The Morgan fingerprint density at radius 2 is 1.61 bits per heavy atom. The first-order valence-electron chi connectivity index (χ1n) is 9.78. The third-order valence-corrected chi connectivity index (χ3v) is 6.41. The van der Waals surface area contributed by atoms with Crippen LogP contribution in [0.1, 0.15) is 30.8 Å². The fourth-order valence-corrected chi connectivity index (χ4v) is 4.64. The Kier molecular flexibility index (Phi) is 3.48. The number of rotatable bonds is 1. The maximum Gasteiger partial charge on any atom is 0.247 e. The van der Waals surface area contributed by atoms with E-state index in [1.807, 2.05) is 0 Å². The molecule has 1 spiro atoms. The third-order valence-electron chi connectivity index (χ3n) is 6.41. The first kappa shape index (κ1) is 17.1. The van der Waals surface area contributed by atoms with E-state index in [1.165, 1.54) is 16.9 Å². The van der Waals surface area contributed by atoms with E-state index in [2.05, 4.69) is 116 Å². The van der Waals surface area contributed by atoms with Crippen LogP contribution in [0.25, 0.3) is 6.08 Å². The normalized spacial score (nSPS) is 21.4. The van der Waals surface area contributed by atoms with Crippen LogP contribution in [0.15, 0.2) is 72.8 Å². The number of hydrogen-bond acceptors (Lipinski definition) is 2. The van der Waals surface area contributed by atoms with Crippen LogP contribution in [0.3, 0.4) is 0 Å². The summed E-state index contributed by atoms with van der Waals surface area (Å²) in [5.74, 6) is 0.914. The van der Waals surface area contributed by atoms with Crippen molar-refractivity contribution >= 4 is 17.5 Å². The number of para-hydroxylation sites is 2. The lowest BCUT2D eigenvalue weighted by atomic mass is 9.76. The van der Waals surface area contributed by atoms with Gasteiger partial charge in [-0.3, -0.25) is 4.90 Å². The first-order chi connectivity index (χ1) is 13.5. The van der Waals surface area contributed by atoms with Gasteiger partial charge in [-0.15, -0.1) is 0 Å². The zero-order valence-corrected chi connectivity index (χ0v) is 16.8. The SMILES string of the molecule is Cc1ccc2c([n+]1C)C=CC1(O2)N(c2ccccc2)c2ccccc2C1(C)C. The van der Waals surface area contributed by atoms with Gasteiger partial charge in [0.05, 0.1) is 5.41 Å². The van der Waals surface area contributed by atoms with Crippen molar-refractivity contribution in [3.05, 3.63) is 89.8 Å². The Morgan fingerprint density at radius 3 is 2.39 bits per heavy atom. The highest BCUT2D eigenvalue weighted by molar-refractivity contribution is 5.78. The molecule has 1 aromatic heterocycles. The van der Waals surface area contributed by atoms with E-state index in [-0.39, 0.29) is 5.41 Å². The van der Waals surface area contributed by atoms with Crippen LogP contribution in [0.5, 0.6) is 5.75 Å². The van der Waals surface area contributed by atoms with Crippen LogP contribution in [0.4, 0.5) is 11.4 Å². The second-order valence-corrected chi connectivity index (χ2v) is 8.23. The Morgan fingerprint density at radius 1 is 0.893 bits per heavy atom. The molecule has 3 heterocycles. The van der Waals surface area contributed by atoms with E-state index in [4.69, 9.17) is 4.74 Å². The van der Waals surface area contributed by atoms with Crippen LogP contribution in [0.2, 0.25) is 0 Å². The highest BCUT2D eigenvalue weighted by atomic mass is 16.5. The van der Waals surface area contributed by atoms with E-state index in [9.17, 15) is 0 Å². The summed E-state index contributed by atoms with van der Waals surface area (Å²) in [6.07, 6.45) is 4.46. The van der Waals surface area contributed by atoms with Crippen LogP contribution >= 0.6 is 0 Å². The molecule has 0 saturated heterocycles. The molecule has 0 amide bonds. The number of aryl methyl sites for hydroxylation is 1. The number of aromatic nitrogens is 1. The van der Waals surface area contributed by atoms with Crippen LogP contribution in [-0.2, 0) is 12.5 Å². The molecule has 140 valence electrons. The lowest BCUT2D eigenvalue weighted by Gasteiger charge is -2.46. The summed E-state index contributed by atoms with van der Waals surface area (Å²) in [4.78, 5) is 2.35. The summed E-state index contributed by atoms with van der Waals surface area (Å²) < 4.78 is 9.08. The molecule has 0 saturated carbocycles. The van der Waals surface area contributed by atoms with Crippen molar-refractivity contribution in [1.29, 1.82) is 0 Å². The summed E-state index contributed by atoms with van der Waals surface area (Å²) in [7, 11) is 2.09. The number of anilines is 2. The maximum absolute atomic E-state index is 6.90. The number of hydrogen-bond donors (Lipinski definition) is 0. The molecule has 3 nitrogen and oxygen atoms in total. The maximum atomic E-state index is 6.90. The smallest absolute Gasteiger partial charge is 0.247 e. The molecule has 0 radical (unpaired) electrons. The molecular weight excluding hydrogens is 344 g/mol. The molecule has 28 heavy (non-hydrogen) atoms. The zero-order valence-electron chi connectivity index (χ0n) is 16.8. The van der Waals surface area contributed by atoms with Crippen molar-refractivity contribution in [3.63, 3.8) is 0 Å². The van der Waals surface area contributed by atoms with Gasteiger partial charge < -0.3 is 4.74 Å². The third kappa shape index (κ3) is 2.07. The summed E-state index contributed by atoms with van der Waals surface area (Å²) in [6.45, 7) is 6.67. The average Bonchev–Trinajstić information content (AvgIpc) is 2.89. The Bertz CT molecular complexity index is 1100. The minimum atomic E-state index is -0.632. The molecular formula is C25H25N2O+. The molecule has 0 bridgehead atoms. The molecule has 0 fully saturated rings. The molecule has 1 unspecified atom stereocenters.